The van der Waals surface area contributed by atoms with Crippen LogP contribution in [0.4, 0.5) is 18.9 Å². The van der Waals surface area contributed by atoms with Gasteiger partial charge in [-0.2, -0.15) is 13.2 Å². The van der Waals surface area contributed by atoms with E-state index in [1.54, 1.807) is 36.4 Å². The summed E-state index contributed by atoms with van der Waals surface area (Å²) < 4.78 is 68.9. The molecule has 1 N–H and O–H groups in total. The van der Waals surface area contributed by atoms with Crippen LogP contribution in [0.25, 0.3) is 0 Å². The van der Waals surface area contributed by atoms with Crippen LogP contribution in [0.2, 0.25) is 5.02 Å². The Morgan fingerprint density at radius 2 is 1.59 bits per heavy atom. The molecule has 0 heterocycles. The van der Waals surface area contributed by atoms with Gasteiger partial charge in [-0.1, -0.05) is 73.5 Å². The van der Waals surface area contributed by atoms with Crippen LogP contribution in [-0.2, 0) is 32.3 Å². The van der Waals surface area contributed by atoms with E-state index >= 15 is 0 Å². The van der Waals surface area contributed by atoms with Gasteiger partial charge in [0.2, 0.25) is 11.8 Å². The van der Waals surface area contributed by atoms with Gasteiger partial charge in [-0.25, -0.2) is 8.42 Å². The summed E-state index contributed by atoms with van der Waals surface area (Å²) in [6.07, 6.45) is -3.23. The number of nitrogens with one attached hydrogen (secondary N) is 1. The van der Waals surface area contributed by atoms with Crippen LogP contribution < -0.4 is 9.62 Å². The molecule has 3 aromatic carbocycles. The summed E-state index contributed by atoms with van der Waals surface area (Å²) in [6.45, 7) is 2.91. The van der Waals surface area contributed by atoms with Crippen molar-refractivity contribution in [2.75, 3.05) is 17.4 Å². The second-order valence-corrected chi connectivity index (χ2v) is 11.6. The molecular formula is C29H31ClF3N3O4S. The zero-order valence-corrected chi connectivity index (χ0v) is 24.1. The van der Waals surface area contributed by atoms with E-state index in [-0.39, 0.29) is 16.5 Å². The second-order valence-electron chi connectivity index (χ2n) is 9.32. The van der Waals surface area contributed by atoms with Gasteiger partial charge < -0.3 is 10.2 Å². The van der Waals surface area contributed by atoms with E-state index < -0.39 is 51.9 Å². The van der Waals surface area contributed by atoms with Gasteiger partial charge in [0.15, 0.2) is 0 Å². The summed E-state index contributed by atoms with van der Waals surface area (Å²) in [5.41, 5.74) is -0.982. The molecule has 7 nitrogen and oxygen atoms in total. The van der Waals surface area contributed by atoms with Crippen LogP contribution in [0.1, 0.15) is 37.8 Å². The molecule has 2 amide bonds. The molecule has 0 saturated carbocycles. The molecule has 0 saturated heterocycles. The van der Waals surface area contributed by atoms with Crippen molar-refractivity contribution in [3.63, 3.8) is 0 Å². The lowest BCUT2D eigenvalue weighted by molar-refractivity contribution is -0.139. The Labute approximate surface area is 243 Å². The maximum absolute atomic E-state index is 13.9. The molecule has 1 unspecified atom stereocenters. The van der Waals surface area contributed by atoms with E-state index in [1.807, 2.05) is 6.92 Å². The molecule has 0 fully saturated rings. The predicted molar refractivity (Wildman–Crippen MR) is 152 cm³/mol. The molecule has 0 aliphatic carbocycles. The number of rotatable bonds is 12. The standard InChI is InChI=1S/C29H31ClF3N3O4S/c1-3-4-17-34-28(38)21(2)35(19-22-11-7-5-8-12-22)27(37)20-36(41(39,40)24-13-9-6-10-14-24)26-18-23(29(31,32)33)15-16-25(26)30/h5-16,18,21H,3-4,17,19-20H2,1-2H3,(H,34,38). The third-order valence-corrected chi connectivity index (χ3v) is 8.44. The van der Waals surface area contributed by atoms with Crippen LogP contribution >= 0.6 is 11.6 Å². The highest BCUT2D eigenvalue weighted by Crippen LogP contribution is 2.37. The zero-order chi connectivity index (χ0) is 30.2. The number of alkyl halides is 3. The Hall–Kier alpha value is -3.57. The highest BCUT2D eigenvalue weighted by atomic mass is 35.5. The number of halogens is 4. The Morgan fingerprint density at radius 3 is 2.17 bits per heavy atom. The molecule has 0 spiro atoms. The quantitative estimate of drug-likeness (QED) is 0.260. The first-order valence-corrected chi connectivity index (χ1v) is 14.7. The number of benzene rings is 3. The summed E-state index contributed by atoms with van der Waals surface area (Å²) in [5, 5.41) is 2.47. The molecule has 220 valence electrons. The molecular weight excluding hydrogens is 579 g/mol. The lowest BCUT2D eigenvalue weighted by Crippen LogP contribution is -2.51. The Bertz CT molecular complexity index is 1440. The largest absolute Gasteiger partial charge is 0.416 e. The molecule has 0 aromatic heterocycles. The van der Waals surface area contributed by atoms with E-state index in [1.165, 1.54) is 36.1 Å². The van der Waals surface area contributed by atoms with E-state index in [9.17, 15) is 31.2 Å². The molecule has 3 aromatic rings. The Morgan fingerprint density at radius 1 is 0.976 bits per heavy atom. The summed E-state index contributed by atoms with van der Waals surface area (Å²) in [4.78, 5) is 27.8. The molecule has 0 bridgehead atoms. The van der Waals surface area contributed by atoms with Gasteiger partial charge in [-0.05, 0) is 49.2 Å². The molecule has 3 rings (SSSR count). The van der Waals surface area contributed by atoms with E-state index in [0.29, 0.717) is 22.5 Å². The number of unbranched alkanes of at least 4 members (excludes halogenated alkanes) is 1. The van der Waals surface area contributed by atoms with Crippen molar-refractivity contribution in [3.8, 4) is 0 Å². The van der Waals surface area contributed by atoms with Gasteiger partial charge in [-0.15, -0.1) is 0 Å². The maximum atomic E-state index is 13.9. The van der Waals surface area contributed by atoms with Gasteiger partial charge in [0, 0.05) is 13.1 Å². The summed E-state index contributed by atoms with van der Waals surface area (Å²) in [7, 11) is -4.57. The van der Waals surface area contributed by atoms with Crippen molar-refractivity contribution in [2.24, 2.45) is 0 Å². The predicted octanol–water partition coefficient (Wildman–Crippen LogP) is 5.89. The number of amides is 2. The number of carbonyl (C=O) groups is 2. The third kappa shape index (κ3) is 8.23. The Balaban J connectivity index is 2.08. The SMILES string of the molecule is CCCCNC(=O)C(C)N(Cc1ccccc1)C(=O)CN(c1cc(C(F)(F)F)ccc1Cl)S(=O)(=O)c1ccccc1. The molecule has 0 aliphatic rings. The van der Waals surface area contributed by atoms with Gasteiger partial charge in [0.05, 0.1) is 21.2 Å². The lowest BCUT2D eigenvalue weighted by atomic mass is 10.1. The lowest BCUT2D eigenvalue weighted by Gasteiger charge is -2.32. The molecule has 0 aliphatic heterocycles. The molecule has 0 radical (unpaired) electrons. The van der Waals surface area contributed by atoms with Crippen molar-refractivity contribution >= 4 is 39.1 Å². The minimum Gasteiger partial charge on any atom is -0.354 e. The highest BCUT2D eigenvalue weighted by molar-refractivity contribution is 7.92. The minimum atomic E-state index is -4.80. The average Bonchev–Trinajstić information content (AvgIpc) is 2.95. The second kappa shape index (κ2) is 13.9. The zero-order valence-electron chi connectivity index (χ0n) is 22.6. The van der Waals surface area contributed by atoms with E-state index in [4.69, 9.17) is 11.6 Å². The van der Waals surface area contributed by atoms with Crippen molar-refractivity contribution < 1.29 is 31.2 Å². The van der Waals surface area contributed by atoms with Crippen LogP contribution in [0, 0.1) is 0 Å². The van der Waals surface area contributed by atoms with Gasteiger partial charge >= 0.3 is 6.18 Å². The van der Waals surface area contributed by atoms with Gasteiger partial charge in [0.25, 0.3) is 10.0 Å². The first-order chi connectivity index (χ1) is 19.4. The van der Waals surface area contributed by atoms with Crippen LogP contribution in [0.3, 0.4) is 0 Å². The van der Waals surface area contributed by atoms with Gasteiger partial charge in [0.1, 0.15) is 12.6 Å². The summed E-state index contributed by atoms with van der Waals surface area (Å²) >= 11 is 6.25. The average molecular weight is 610 g/mol. The fourth-order valence-corrected chi connectivity index (χ4v) is 5.73. The first kappa shape index (κ1) is 32.0. The van der Waals surface area contributed by atoms with E-state index in [2.05, 4.69) is 5.32 Å². The number of sulfonamides is 1. The number of hydrogen-bond acceptors (Lipinski definition) is 4. The van der Waals surface area contributed by atoms with Crippen LogP contribution in [-0.4, -0.2) is 44.3 Å². The normalized spacial score (nSPS) is 12.4. The third-order valence-electron chi connectivity index (χ3n) is 6.34. The van der Waals surface area contributed by atoms with Crippen molar-refractivity contribution in [2.45, 2.75) is 50.3 Å². The molecule has 12 heteroatoms. The molecule has 41 heavy (non-hydrogen) atoms. The monoisotopic (exact) mass is 609 g/mol. The van der Waals surface area contributed by atoms with E-state index in [0.717, 1.165) is 25.0 Å². The first-order valence-electron chi connectivity index (χ1n) is 12.9. The van der Waals surface area contributed by atoms with Gasteiger partial charge in [-0.3, -0.25) is 13.9 Å². The number of nitrogens with zero attached hydrogens (tertiary/aromatic N) is 2. The summed E-state index contributed by atoms with van der Waals surface area (Å²) in [5.74, 6) is -1.25. The smallest absolute Gasteiger partial charge is 0.354 e. The maximum Gasteiger partial charge on any atom is 0.416 e. The molecule has 1 atom stereocenters. The highest BCUT2D eigenvalue weighted by Gasteiger charge is 2.36. The number of anilines is 1. The number of carbonyl (C=O) groups excluding carboxylic acids is 2. The van der Waals surface area contributed by atoms with Crippen molar-refractivity contribution in [1.82, 2.24) is 10.2 Å². The fourth-order valence-electron chi connectivity index (χ4n) is 4.01. The van der Waals surface area contributed by atoms with Crippen LogP contribution in [0.5, 0.6) is 0 Å². The van der Waals surface area contributed by atoms with Crippen LogP contribution in [0.15, 0.2) is 83.8 Å². The topological polar surface area (TPSA) is 86.8 Å². The minimum absolute atomic E-state index is 0.0441. The Kier molecular flexibility index (Phi) is 10.8. The van der Waals surface area contributed by atoms with Crippen molar-refractivity contribution in [1.29, 1.82) is 0 Å². The number of hydrogen-bond donors (Lipinski definition) is 1. The fraction of sp³-hybridized carbons (Fsp3) is 0.310. The summed E-state index contributed by atoms with van der Waals surface area (Å²) in [6, 6.07) is 17.0. The van der Waals surface area contributed by atoms with Crippen molar-refractivity contribution in [3.05, 3.63) is 95.0 Å².